The minimum Gasteiger partial charge on any atom is -0.341 e. The van der Waals surface area contributed by atoms with E-state index in [4.69, 9.17) is 0 Å². The van der Waals surface area contributed by atoms with Gasteiger partial charge in [0, 0.05) is 13.1 Å². The lowest BCUT2D eigenvalue weighted by atomic mass is 9.97. The van der Waals surface area contributed by atoms with Gasteiger partial charge in [-0.15, -0.1) is 11.3 Å². The molecule has 0 spiro atoms. The van der Waals surface area contributed by atoms with Crippen LogP contribution in [0.1, 0.15) is 45.0 Å². The van der Waals surface area contributed by atoms with Gasteiger partial charge in [-0.05, 0) is 56.2 Å². The molecule has 6 nitrogen and oxygen atoms in total. The summed E-state index contributed by atoms with van der Waals surface area (Å²) in [5.74, 6) is 0.699. The molecule has 28 heavy (non-hydrogen) atoms. The number of rotatable bonds is 6. The number of aryl methyl sites for hydroxylation is 1. The first-order valence-electron chi connectivity index (χ1n) is 9.84. The fraction of sp³-hybridized carbons (Fsp3) is 0.600. The molecule has 1 aromatic heterocycles. The maximum Gasteiger partial charge on any atom is 0.241 e. The second-order valence-electron chi connectivity index (χ2n) is 8.17. The van der Waals surface area contributed by atoms with Gasteiger partial charge in [0.1, 0.15) is 6.04 Å². The minimum absolute atomic E-state index is 0.112. The minimum atomic E-state index is -3.80. The van der Waals surface area contributed by atoms with Crippen LogP contribution in [0, 0.1) is 18.8 Å². The second-order valence-corrected chi connectivity index (χ2v) is 11.1. The molecule has 3 rings (SSSR count). The smallest absolute Gasteiger partial charge is 0.241 e. The summed E-state index contributed by atoms with van der Waals surface area (Å²) in [7, 11) is -3.80. The zero-order valence-electron chi connectivity index (χ0n) is 16.9. The number of piperidine rings is 1. The molecule has 0 saturated carbocycles. The number of benzene rings is 1. The number of hydrogen-bond acceptors (Lipinski definition) is 5. The van der Waals surface area contributed by atoms with E-state index in [1.807, 2.05) is 25.7 Å². The molecular weight excluding hydrogens is 394 g/mol. The molecule has 1 amide bonds. The lowest BCUT2D eigenvalue weighted by Gasteiger charge is -2.33. The first-order valence-corrected chi connectivity index (χ1v) is 12.1. The van der Waals surface area contributed by atoms with Crippen LogP contribution in [-0.4, -0.2) is 43.3 Å². The predicted octanol–water partition coefficient (Wildman–Crippen LogP) is 3.56. The summed E-state index contributed by atoms with van der Waals surface area (Å²) in [6.07, 6.45) is 2.41. The fourth-order valence-corrected chi connectivity index (χ4v) is 5.73. The van der Waals surface area contributed by atoms with Crippen LogP contribution >= 0.6 is 11.3 Å². The molecule has 1 aliphatic heterocycles. The Morgan fingerprint density at radius 2 is 2.00 bits per heavy atom. The van der Waals surface area contributed by atoms with Gasteiger partial charge < -0.3 is 4.90 Å². The van der Waals surface area contributed by atoms with Gasteiger partial charge in [-0.3, -0.25) is 4.79 Å². The van der Waals surface area contributed by atoms with Crippen LogP contribution in [0.2, 0.25) is 0 Å². The Morgan fingerprint density at radius 1 is 1.32 bits per heavy atom. The van der Waals surface area contributed by atoms with E-state index < -0.39 is 16.1 Å². The number of nitrogens with one attached hydrogen (secondary N) is 1. The van der Waals surface area contributed by atoms with E-state index in [2.05, 4.69) is 16.6 Å². The van der Waals surface area contributed by atoms with Gasteiger partial charge in [-0.25, -0.2) is 13.4 Å². The Bertz CT molecular complexity index is 945. The van der Waals surface area contributed by atoms with Crippen molar-refractivity contribution in [3.8, 4) is 0 Å². The van der Waals surface area contributed by atoms with Crippen LogP contribution in [0.4, 0.5) is 0 Å². The number of carbonyl (C=O) groups excluding carboxylic acids is 1. The van der Waals surface area contributed by atoms with Gasteiger partial charge in [0.05, 0.1) is 20.1 Å². The zero-order chi connectivity index (χ0) is 20.5. The zero-order valence-corrected chi connectivity index (χ0v) is 18.6. The average Bonchev–Trinajstić information content (AvgIpc) is 2.99. The van der Waals surface area contributed by atoms with Crippen molar-refractivity contribution in [1.29, 1.82) is 0 Å². The number of carbonyl (C=O) groups is 1. The van der Waals surface area contributed by atoms with Crippen LogP contribution in [0.3, 0.4) is 0 Å². The summed E-state index contributed by atoms with van der Waals surface area (Å²) in [5.41, 5.74) is 0.790. The van der Waals surface area contributed by atoms with Gasteiger partial charge >= 0.3 is 0 Å². The molecule has 2 aromatic rings. The van der Waals surface area contributed by atoms with Crippen molar-refractivity contribution < 1.29 is 13.2 Å². The maximum atomic E-state index is 13.1. The molecule has 1 aromatic carbocycles. The number of aromatic nitrogens is 1. The second kappa shape index (κ2) is 8.47. The molecule has 8 heteroatoms. The Morgan fingerprint density at radius 3 is 2.64 bits per heavy atom. The number of thiazole rings is 1. The Balaban J connectivity index is 1.82. The molecule has 0 aliphatic carbocycles. The molecule has 2 heterocycles. The summed E-state index contributed by atoms with van der Waals surface area (Å²) in [4.78, 5) is 19.4. The normalized spacial score (nSPS) is 17.4. The van der Waals surface area contributed by atoms with Crippen molar-refractivity contribution in [3.05, 3.63) is 23.2 Å². The first kappa shape index (κ1) is 21.2. The molecule has 0 bridgehead atoms. The third-order valence-electron chi connectivity index (χ3n) is 5.18. The SMILES string of the molecule is Cc1nc2ccc(S(=O)(=O)NC(CC(C)C)C(=O)N3CCC(C)CC3)cc2s1. The molecule has 1 atom stereocenters. The van der Waals surface area contributed by atoms with Crippen molar-refractivity contribution in [1.82, 2.24) is 14.6 Å². The quantitative estimate of drug-likeness (QED) is 0.770. The maximum absolute atomic E-state index is 13.1. The number of fused-ring (bicyclic) bond motifs is 1. The lowest BCUT2D eigenvalue weighted by molar-refractivity contribution is -0.134. The number of sulfonamides is 1. The van der Waals surface area contributed by atoms with Gasteiger partial charge in [-0.1, -0.05) is 20.8 Å². The van der Waals surface area contributed by atoms with Gasteiger partial charge in [0.15, 0.2) is 0 Å². The number of hydrogen-bond donors (Lipinski definition) is 1. The molecule has 154 valence electrons. The Labute approximate surface area is 171 Å². The van der Waals surface area contributed by atoms with Crippen LogP contribution in [0.15, 0.2) is 23.1 Å². The van der Waals surface area contributed by atoms with Gasteiger partial charge in [-0.2, -0.15) is 4.72 Å². The van der Waals surface area contributed by atoms with E-state index in [-0.39, 0.29) is 16.7 Å². The van der Waals surface area contributed by atoms with Crippen LogP contribution in [0.5, 0.6) is 0 Å². The van der Waals surface area contributed by atoms with Crippen molar-refractivity contribution in [3.63, 3.8) is 0 Å². The molecule has 1 fully saturated rings. The molecule has 0 radical (unpaired) electrons. The predicted molar refractivity (Wildman–Crippen MR) is 113 cm³/mol. The highest BCUT2D eigenvalue weighted by Crippen LogP contribution is 2.25. The summed E-state index contributed by atoms with van der Waals surface area (Å²) in [5, 5.41) is 0.893. The standard InChI is InChI=1S/C20H29N3O3S2/c1-13(2)11-18(20(24)23-9-7-14(3)8-10-23)22-28(25,26)16-5-6-17-19(12-16)27-15(4)21-17/h5-6,12-14,18,22H,7-11H2,1-4H3. The highest BCUT2D eigenvalue weighted by atomic mass is 32.2. The monoisotopic (exact) mass is 423 g/mol. The summed E-state index contributed by atoms with van der Waals surface area (Å²) >= 11 is 1.46. The Kier molecular flexibility index (Phi) is 6.41. The molecule has 1 aliphatic rings. The van der Waals surface area contributed by atoms with E-state index in [1.54, 1.807) is 18.2 Å². The summed E-state index contributed by atoms with van der Waals surface area (Å²) < 4.78 is 29.5. The summed E-state index contributed by atoms with van der Waals surface area (Å²) in [6, 6.07) is 4.18. The van der Waals surface area contributed by atoms with E-state index in [9.17, 15) is 13.2 Å². The highest BCUT2D eigenvalue weighted by molar-refractivity contribution is 7.89. The van der Waals surface area contributed by atoms with Gasteiger partial charge in [0.25, 0.3) is 0 Å². The number of amides is 1. The van der Waals surface area contributed by atoms with E-state index >= 15 is 0 Å². The number of likely N-dealkylation sites (tertiary alicyclic amines) is 1. The fourth-order valence-electron chi connectivity index (χ4n) is 3.56. The van der Waals surface area contributed by atoms with E-state index in [1.165, 1.54) is 11.3 Å². The largest absolute Gasteiger partial charge is 0.341 e. The molecule has 1 unspecified atom stereocenters. The van der Waals surface area contributed by atoms with Crippen LogP contribution < -0.4 is 4.72 Å². The molecule has 1 N–H and O–H groups in total. The highest BCUT2D eigenvalue weighted by Gasteiger charge is 2.31. The van der Waals surface area contributed by atoms with Crippen LogP contribution in [0.25, 0.3) is 10.2 Å². The molecular formula is C20H29N3O3S2. The van der Waals surface area contributed by atoms with Gasteiger partial charge in [0.2, 0.25) is 15.9 Å². The number of nitrogens with zero attached hydrogens (tertiary/aromatic N) is 2. The van der Waals surface area contributed by atoms with Crippen molar-refractivity contribution in [2.24, 2.45) is 11.8 Å². The van der Waals surface area contributed by atoms with Crippen molar-refractivity contribution in [2.75, 3.05) is 13.1 Å². The van der Waals surface area contributed by atoms with Crippen molar-refractivity contribution >= 4 is 37.5 Å². The van der Waals surface area contributed by atoms with Crippen molar-refractivity contribution in [2.45, 2.75) is 57.9 Å². The lowest BCUT2D eigenvalue weighted by Crippen LogP contribution is -2.51. The molecule has 1 saturated heterocycles. The third-order valence-corrected chi connectivity index (χ3v) is 7.58. The third kappa shape index (κ3) is 4.90. The summed E-state index contributed by atoms with van der Waals surface area (Å²) in [6.45, 7) is 9.48. The van der Waals surface area contributed by atoms with Crippen LogP contribution in [-0.2, 0) is 14.8 Å². The Hall–Kier alpha value is -1.51. The average molecular weight is 424 g/mol. The first-order chi connectivity index (χ1) is 13.2. The topological polar surface area (TPSA) is 79.4 Å². The van der Waals surface area contributed by atoms with E-state index in [0.717, 1.165) is 28.1 Å². The van der Waals surface area contributed by atoms with E-state index in [0.29, 0.717) is 25.4 Å².